The molecular formula is C27H26BrN3O3. The molecule has 1 saturated heterocycles. The maximum atomic E-state index is 11.7. The van der Waals surface area contributed by atoms with E-state index in [-0.39, 0.29) is 10.6 Å². The van der Waals surface area contributed by atoms with Crippen LogP contribution in [0.15, 0.2) is 83.3 Å². The molecule has 6 nitrogen and oxygen atoms in total. The van der Waals surface area contributed by atoms with E-state index < -0.39 is 5.60 Å². The van der Waals surface area contributed by atoms with Crippen LogP contribution in [0.3, 0.4) is 0 Å². The van der Waals surface area contributed by atoms with Gasteiger partial charge < -0.3 is 10.0 Å². The molecule has 0 spiro atoms. The zero-order chi connectivity index (χ0) is 24.0. The number of aliphatic hydroxyl groups is 1. The minimum atomic E-state index is -1.21. The topological polar surface area (TPSA) is 69.9 Å². The fraction of sp³-hybridized carbons (Fsp3) is 0.259. The summed E-state index contributed by atoms with van der Waals surface area (Å²) in [6.07, 6.45) is 0.294. The molecule has 1 atom stereocenters. The Hall–Kier alpha value is -3.18. The fourth-order valence-corrected chi connectivity index (χ4v) is 4.78. The number of benzene rings is 3. The third-order valence-electron chi connectivity index (χ3n) is 6.14. The lowest BCUT2D eigenvalue weighted by Gasteiger charge is -2.35. The van der Waals surface area contributed by atoms with Crippen LogP contribution in [-0.4, -0.2) is 47.7 Å². The summed E-state index contributed by atoms with van der Waals surface area (Å²) in [5.41, 5.74) is 1.51. The molecule has 4 rings (SSSR count). The number of rotatable bonds is 6. The van der Waals surface area contributed by atoms with Crippen molar-refractivity contribution < 1.29 is 10.0 Å². The molecule has 1 N–H and O–H groups in total. The first-order chi connectivity index (χ1) is 16.5. The minimum absolute atomic E-state index is 0.107. The van der Waals surface area contributed by atoms with E-state index in [0.29, 0.717) is 13.0 Å². The second kappa shape index (κ2) is 10.8. The van der Waals surface area contributed by atoms with Crippen LogP contribution in [-0.2, 0) is 5.60 Å². The van der Waals surface area contributed by atoms with Crippen LogP contribution in [0.25, 0.3) is 0 Å². The summed E-state index contributed by atoms with van der Waals surface area (Å²) in [5.74, 6) is 6.47. The quantitative estimate of drug-likeness (QED) is 0.287. The number of hydrogen-bond donors (Lipinski definition) is 1. The van der Waals surface area contributed by atoms with Gasteiger partial charge in [0.1, 0.15) is 5.60 Å². The van der Waals surface area contributed by atoms with Gasteiger partial charge in [-0.15, -0.1) is 0 Å². The van der Waals surface area contributed by atoms with Crippen molar-refractivity contribution in [2.45, 2.75) is 12.0 Å². The highest BCUT2D eigenvalue weighted by Gasteiger charge is 2.32. The van der Waals surface area contributed by atoms with E-state index in [4.69, 9.17) is 0 Å². The third kappa shape index (κ3) is 5.48. The molecule has 0 radical (unpaired) electrons. The molecule has 174 valence electrons. The summed E-state index contributed by atoms with van der Waals surface area (Å²) < 4.78 is 0.852. The lowest BCUT2D eigenvalue weighted by Crippen LogP contribution is -2.46. The first-order valence-corrected chi connectivity index (χ1v) is 12.0. The zero-order valence-corrected chi connectivity index (χ0v) is 20.3. The van der Waals surface area contributed by atoms with E-state index in [9.17, 15) is 15.2 Å². The normalized spacial score (nSPS) is 15.8. The van der Waals surface area contributed by atoms with Gasteiger partial charge in [0.05, 0.1) is 11.5 Å². The molecule has 0 bridgehead atoms. The van der Waals surface area contributed by atoms with E-state index in [1.165, 1.54) is 0 Å². The highest BCUT2D eigenvalue weighted by Crippen LogP contribution is 2.36. The Balaban J connectivity index is 1.38. The van der Waals surface area contributed by atoms with E-state index >= 15 is 0 Å². The van der Waals surface area contributed by atoms with Gasteiger partial charge in [-0.2, -0.15) is 0 Å². The molecule has 0 amide bonds. The van der Waals surface area contributed by atoms with Gasteiger partial charge in [0.25, 0.3) is 5.69 Å². The molecule has 3 aromatic carbocycles. The molecule has 1 fully saturated rings. The van der Waals surface area contributed by atoms with Crippen LogP contribution >= 0.6 is 15.9 Å². The highest BCUT2D eigenvalue weighted by atomic mass is 79.9. The molecule has 1 aliphatic rings. The van der Waals surface area contributed by atoms with Gasteiger partial charge in [0.15, 0.2) is 0 Å². The van der Waals surface area contributed by atoms with Gasteiger partial charge in [0, 0.05) is 60.5 Å². The van der Waals surface area contributed by atoms with Crippen LogP contribution in [0.2, 0.25) is 0 Å². The number of nitrogens with zero attached hydrogens (tertiary/aromatic N) is 3. The molecule has 0 aromatic heterocycles. The van der Waals surface area contributed by atoms with Crippen molar-refractivity contribution in [3.8, 4) is 11.8 Å². The first-order valence-electron chi connectivity index (χ1n) is 11.2. The van der Waals surface area contributed by atoms with Crippen LogP contribution in [0.5, 0.6) is 0 Å². The predicted molar refractivity (Wildman–Crippen MR) is 138 cm³/mol. The number of non-ortho nitro benzene ring substituents is 1. The Labute approximate surface area is 208 Å². The van der Waals surface area contributed by atoms with Crippen molar-refractivity contribution in [3.05, 3.63) is 105 Å². The smallest absolute Gasteiger partial charge is 0.269 e. The summed E-state index contributed by atoms with van der Waals surface area (Å²) in [6.45, 7) is 4.03. The average molecular weight is 520 g/mol. The van der Waals surface area contributed by atoms with Crippen LogP contribution in [0.1, 0.15) is 17.5 Å². The average Bonchev–Trinajstić information content (AvgIpc) is 2.88. The Kier molecular flexibility index (Phi) is 7.63. The van der Waals surface area contributed by atoms with Crippen LogP contribution in [0, 0.1) is 22.0 Å². The van der Waals surface area contributed by atoms with Gasteiger partial charge in [-0.3, -0.25) is 15.0 Å². The molecule has 0 saturated carbocycles. The second-order valence-corrected chi connectivity index (χ2v) is 9.13. The number of hydrogen-bond acceptors (Lipinski definition) is 5. The van der Waals surface area contributed by atoms with Crippen LogP contribution < -0.4 is 4.90 Å². The van der Waals surface area contributed by atoms with Crippen molar-refractivity contribution in [2.75, 3.05) is 37.6 Å². The Morgan fingerprint density at radius 2 is 1.56 bits per heavy atom. The molecule has 1 aliphatic heterocycles. The first kappa shape index (κ1) is 24.0. The maximum Gasteiger partial charge on any atom is 0.269 e. The van der Waals surface area contributed by atoms with Gasteiger partial charge in [-0.1, -0.05) is 76.3 Å². The van der Waals surface area contributed by atoms with E-state index in [1.54, 1.807) is 24.3 Å². The molecule has 3 aromatic rings. The lowest BCUT2D eigenvalue weighted by atomic mass is 9.84. The molecule has 7 heteroatoms. The standard InChI is InChI=1S/C27H26BrN3O3/c28-26-11-5-4-10-25(26)27(32,22-8-2-1-3-9-22)16-6-7-17-29-18-20-30(21-19-29)23-12-14-24(15-13-23)31(33)34/h1-5,8-15,32H,16-21H2/t27-/m0/s1. The number of piperazine rings is 1. The lowest BCUT2D eigenvalue weighted by molar-refractivity contribution is -0.384. The monoisotopic (exact) mass is 519 g/mol. The second-order valence-electron chi connectivity index (χ2n) is 8.27. The van der Waals surface area contributed by atoms with Crippen molar-refractivity contribution in [2.24, 2.45) is 0 Å². The molecule has 0 aliphatic carbocycles. The highest BCUT2D eigenvalue weighted by molar-refractivity contribution is 9.10. The van der Waals surface area contributed by atoms with Crippen molar-refractivity contribution >= 4 is 27.3 Å². The van der Waals surface area contributed by atoms with E-state index in [2.05, 4.69) is 37.6 Å². The van der Waals surface area contributed by atoms with Crippen molar-refractivity contribution in [1.82, 2.24) is 4.90 Å². The van der Waals surface area contributed by atoms with Gasteiger partial charge >= 0.3 is 0 Å². The number of halogens is 1. The summed E-state index contributed by atoms with van der Waals surface area (Å²) in [5, 5.41) is 22.5. The molecule has 0 unspecified atom stereocenters. The van der Waals surface area contributed by atoms with Crippen molar-refractivity contribution in [1.29, 1.82) is 0 Å². The number of nitro benzene ring substituents is 1. The summed E-state index contributed by atoms with van der Waals surface area (Å²) >= 11 is 3.58. The van der Waals surface area contributed by atoms with Crippen LogP contribution in [0.4, 0.5) is 11.4 Å². The van der Waals surface area contributed by atoms with Crippen molar-refractivity contribution in [3.63, 3.8) is 0 Å². The Bertz CT molecular complexity index is 1180. The molecular weight excluding hydrogens is 494 g/mol. The van der Waals surface area contributed by atoms with E-state index in [0.717, 1.165) is 47.5 Å². The fourth-order valence-electron chi connectivity index (χ4n) is 4.17. The summed E-state index contributed by atoms with van der Waals surface area (Å²) in [6, 6.07) is 24.1. The minimum Gasteiger partial charge on any atom is -0.379 e. The van der Waals surface area contributed by atoms with Gasteiger partial charge in [-0.05, 0) is 23.8 Å². The van der Waals surface area contributed by atoms with Gasteiger partial charge in [-0.25, -0.2) is 0 Å². The Morgan fingerprint density at radius 1 is 0.912 bits per heavy atom. The Morgan fingerprint density at radius 3 is 2.21 bits per heavy atom. The molecule has 1 heterocycles. The van der Waals surface area contributed by atoms with E-state index in [1.807, 2.05) is 54.6 Å². The third-order valence-corrected chi connectivity index (χ3v) is 6.83. The zero-order valence-electron chi connectivity index (χ0n) is 18.7. The summed E-state index contributed by atoms with van der Waals surface area (Å²) in [4.78, 5) is 15.0. The SMILES string of the molecule is O=[N+]([O-])c1ccc(N2CCN(CC#CC[C@](O)(c3ccccc3)c3ccccc3Br)CC2)cc1. The number of anilines is 1. The predicted octanol–water partition coefficient (Wildman–Crippen LogP) is 4.81. The number of nitro groups is 1. The summed E-state index contributed by atoms with van der Waals surface area (Å²) in [7, 11) is 0. The van der Waals surface area contributed by atoms with Gasteiger partial charge in [0.2, 0.25) is 0 Å². The molecule has 34 heavy (non-hydrogen) atoms. The maximum absolute atomic E-state index is 11.7. The largest absolute Gasteiger partial charge is 0.379 e.